The highest BCUT2D eigenvalue weighted by molar-refractivity contribution is 7.89. The molecule has 0 saturated carbocycles. The topological polar surface area (TPSA) is 120 Å². The van der Waals surface area contributed by atoms with E-state index < -0.39 is 32.2 Å². The zero-order chi connectivity index (χ0) is 23.5. The largest absolute Gasteiger partial charge is 0.497 e. The SMILES string of the molecule is COc1ccc(S(=O)(=O)N[C@@H](C)C(=O)N2CCN(S(=O)(=O)N3CCN(C)CC3)CC2)cc1. The number of benzene rings is 1. The number of piperazine rings is 2. The van der Waals surface area contributed by atoms with E-state index in [2.05, 4.69) is 9.62 Å². The number of amides is 1. The van der Waals surface area contributed by atoms with E-state index in [-0.39, 0.29) is 31.1 Å². The van der Waals surface area contributed by atoms with Crippen molar-refractivity contribution >= 4 is 26.1 Å². The number of carbonyl (C=O) groups is 1. The predicted octanol–water partition coefficient (Wildman–Crippen LogP) is -1.00. The molecule has 1 aromatic carbocycles. The Morgan fingerprint density at radius 3 is 1.91 bits per heavy atom. The summed E-state index contributed by atoms with van der Waals surface area (Å²) in [7, 11) is -4.02. The van der Waals surface area contributed by atoms with E-state index in [1.54, 1.807) is 0 Å². The zero-order valence-electron chi connectivity index (χ0n) is 18.6. The lowest BCUT2D eigenvalue weighted by atomic mass is 10.2. The molecule has 0 radical (unpaired) electrons. The number of nitrogens with one attached hydrogen (secondary N) is 1. The van der Waals surface area contributed by atoms with Crippen molar-refractivity contribution in [2.45, 2.75) is 17.9 Å². The van der Waals surface area contributed by atoms with Crippen molar-refractivity contribution in [1.29, 1.82) is 0 Å². The summed E-state index contributed by atoms with van der Waals surface area (Å²) in [4.78, 5) is 16.4. The fourth-order valence-electron chi connectivity index (χ4n) is 3.70. The number of methoxy groups -OCH3 is 1. The lowest BCUT2D eigenvalue weighted by molar-refractivity contribution is -0.133. The lowest BCUT2D eigenvalue weighted by Gasteiger charge is -2.39. The summed E-state index contributed by atoms with van der Waals surface area (Å²) in [6.45, 7) is 4.52. The highest BCUT2D eigenvalue weighted by Crippen LogP contribution is 2.17. The molecule has 1 amide bonds. The van der Waals surface area contributed by atoms with Crippen LogP contribution in [0.1, 0.15) is 6.92 Å². The van der Waals surface area contributed by atoms with Crippen molar-refractivity contribution in [1.82, 2.24) is 23.1 Å². The van der Waals surface area contributed by atoms with Gasteiger partial charge >= 0.3 is 0 Å². The van der Waals surface area contributed by atoms with Crippen LogP contribution < -0.4 is 9.46 Å². The van der Waals surface area contributed by atoms with E-state index in [9.17, 15) is 21.6 Å². The van der Waals surface area contributed by atoms with Crippen LogP contribution in [0.15, 0.2) is 29.2 Å². The van der Waals surface area contributed by atoms with Gasteiger partial charge in [-0.25, -0.2) is 8.42 Å². The summed E-state index contributed by atoms with van der Waals surface area (Å²) in [6.07, 6.45) is 0. The van der Waals surface area contributed by atoms with Crippen LogP contribution in [0.4, 0.5) is 0 Å². The third-order valence-corrected chi connectivity index (χ3v) is 9.33. The second-order valence-corrected chi connectivity index (χ2v) is 11.6. The Kier molecular flexibility index (Phi) is 7.78. The first-order valence-corrected chi connectivity index (χ1v) is 13.3. The van der Waals surface area contributed by atoms with Gasteiger partial charge in [-0.3, -0.25) is 4.79 Å². The van der Waals surface area contributed by atoms with Gasteiger partial charge in [-0.2, -0.15) is 21.8 Å². The number of rotatable bonds is 7. The minimum atomic E-state index is -3.89. The maximum Gasteiger partial charge on any atom is 0.282 e. The predicted molar refractivity (Wildman–Crippen MR) is 119 cm³/mol. The third kappa shape index (κ3) is 5.58. The molecule has 0 unspecified atom stereocenters. The standard InChI is InChI=1S/C19H31N5O6S2/c1-16(20-31(26,27)18-6-4-17(30-3)5-7-18)19(25)22-10-14-24(15-11-22)32(28,29)23-12-8-21(2)9-13-23/h4-7,16,20H,8-15H2,1-3H3/t16-/m0/s1. The number of hydrogen-bond acceptors (Lipinski definition) is 7. The smallest absolute Gasteiger partial charge is 0.282 e. The van der Waals surface area contributed by atoms with E-state index in [1.165, 1.54) is 51.8 Å². The average Bonchev–Trinajstić information content (AvgIpc) is 2.78. The second-order valence-electron chi connectivity index (χ2n) is 7.95. The fourth-order valence-corrected chi connectivity index (χ4v) is 6.47. The first-order valence-electron chi connectivity index (χ1n) is 10.4. The molecule has 1 N–H and O–H groups in total. The molecule has 1 atom stereocenters. The van der Waals surface area contributed by atoms with Crippen LogP contribution in [0.25, 0.3) is 0 Å². The summed E-state index contributed by atoms with van der Waals surface area (Å²) >= 11 is 0. The van der Waals surface area contributed by atoms with Gasteiger partial charge in [0.15, 0.2) is 0 Å². The fraction of sp³-hybridized carbons (Fsp3) is 0.632. The molecule has 0 bridgehead atoms. The number of likely N-dealkylation sites (N-methyl/N-ethyl adjacent to an activating group) is 1. The molecular weight excluding hydrogens is 458 g/mol. The summed E-state index contributed by atoms with van der Waals surface area (Å²) in [5.74, 6) is 0.135. The van der Waals surface area contributed by atoms with Gasteiger partial charge in [-0.05, 0) is 38.2 Å². The van der Waals surface area contributed by atoms with Gasteiger partial charge in [0.05, 0.1) is 18.0 Å². The molecule has 0 aliphatic carbocycles. The Morgan fingerprint density at radius 2 is 1.41 bits per heavy atom. The average molecular weight is 490 g/mol. The van der Waals surface area contributed by atoms with Gasteiger partial charge < -0.3 is 14.5 Å². The van der Waals surface area contributed by atoms with Gasteiger partial charge in [0.2, 0.25) is 15.9 Å². The summed E-state index contributed by atoms with van der Waals surface area (Å²) in [5, 5.41) is 0. The maximum absolute atomic E-state index is 12.9. The summed E-state index contributed by atoms with van der Waals surface area (Å²) in [6, 6.07) is 4.88. The van der Waals surface area contributed by atoms with Gasteiger partial charge in [-0.15, -0.1) is 0 Å². The van der Waals surface area contributed by atoms with E-state index in [1.807, 2.05) is 7.05 Å². The molecule has 1 aromatic rings. The molecular formula is C19H31N5O6S2. The molecule has 3 rings (SSSR count). The van der Waals surface area contributed by atoms with Crippen LogP contribution in [0.2, 0.25) is 0 Å². The third-order valence-electron chi connectivity index (χ3n) is 5.74. The molecule has 2 fully saturated rings. The van der Waals surface area contributed by atoms with Crippen molar-refractivity contribution in [3.05, 3.63) is 24.3 Å². The molecule has 13 heteroatoms. The van der Waals surface area contributed by atoms with Crippen LogP contribution in [0.3, 0.4) is 0 Å². The monoisotopic (exact) mass is 489 g/mol. The van der Waals surface area contributed by atoms with Crippen molar-refractivity contribution in [2.75, 3.05) is 66.5 Å². The Bertz CT molecular complexity index is 999. The van der Waals surface area contributed by atoms with Gasteiger partial charge in [0, 0.05) is 52.4 Å². The van der Waals surface area contributed by atoms with Crippen LogP contribution in [-0.4, -0.2) is 114 Å². The minimum Gasteiger partial charge on any atom is -0.497 e. The molecule has 32 heavy (non-hydrogen) atoms. The first-order chi connectivity index (χ1) is 15.0. The number of sulfonamides is 1. The number of ether oxygens (including phenoxy) is 1. The quantitative estimate of drug-likeness (QED) is 0.522. The zero-order valence-corrected chi connectivity index (χ0v) is 20.2. The summed E-state index contributed by atoms with van der Waals surface area (Å²) < 4.78 is 61.2. The molecule has 2 saturated heterocycles. The lowest BCUT2D eigenvalue weighted by Crippen LogP contribution is -2.58. The Morgan fingerprint density at radius 1 is 0.906 bits per heavy atom. The second kappa shape index (κ2) is 10.0. The van der Waals surface area contributed by atoms with E-state index in [0.29, 0.717) is 31.9 Å². The van der Waals surface area contributed by atoms with Gasteiger partial charge in [-0.1, -0.05) is 0 Å². The molecule has 180 valence electrons. The van der Waals surface area contributed by atoms with Crippen molar-refractivity contribution < 1.29 is 26.4 Å². The molecule has 11 nitrogen and oxygen atoms in total. The van der Waals surface area contributed by atoms with Crippen LogP contribution >= 0.6 is 0 Å². The van der Waals surface area contributed by atoms with Crippen molar-refractivity contribution in [2.24, 2.45) is 0 Å². The van der Waals surface area contributed by atoms with E-state index >= 15 is 0 Å². The molecule has 2 aliphatic heterocycles. The van der Waals surface area contributed by atoms with Crippen molar-refractivity contribution in [3.63, 3.8) is 0 Å². The molecule has 2 heterocycles. The number of carbonyl (C=O) groups excluding carboxylic acids is 1. The number of nitrogens with zero attached hydrogens (tertiary/aromatic N) is 4. The highest BCUT2D eigenvalue weighted by atomic mass is 32.2. The molecule has 0 spiro atoms. The van der Waals surface area contributed by atoms with Crippen molar-refractivity contribution in [3.8, 4) is 5.75 Å². The maximum atomic E-state index is 12.9. The van der Waals surface area contributed by atoms with Crippen LogP contribution in [0.5, 0.6) is 5.75 Å². The normalized spacial score (nSPS) is 20.8. The van der Waals surface area contributed by atoms with E-state index in [4.69, 9.17) is 4.74 Å². The Hall–Kier alpha value is -1.77. The molecule has 0 aromatic heterocycles. The first kappa shape index (κ1) is 24.9. The molecule has 2 aliphatic rings. The highest BCUT2D eigenvalue weighted by Gasteiger charge is 2.36. The van der Waals surface area contributed by atoms with Crippen LogP contribution in [0, 0.1) is 0 Å². The van der Waals surface area contributed by atoms with Gasteiger partial charge in [0.25, 0.3) is 10.2 Å². The Labute approximate surface area is 190 Å². The van der Waals surface area contributed by atoms with Gasteiger partial charge in [0.1, 0.15) is 5.75 Å². The van der Waals surface area contributed by atoms with E-state index in [0.717, 1.165) is 0 Å². The summed E-state index contributed by atoms with van der Waals surface area (Å²) in [5.41, 5.74) is 0. The Balaban J connectivity index is 1.56. The number of hydrogen-bond donors (Lipinski definition) is 1. The van der Waals surface area contributed by atoms with Crippen LogP contribution in [-0.2, 0) is 25.0 Å². The minimum absolute atomic E-state index is 0.0287.